The number of hydrogen-bond acceptors (Lipinski definition) is 5. The van der Waals surface area contributed by atoms with E-state index in [-0.39, 0.29) is 4.90 Å². The van der Waals surface area contributed by atoms with Gasteiger partial charge in [0.05, 0.1) is 4.90 Å². The Morgan fingerprint density at radius 1 is 1.10 bits per heavy atom. The Labute approximate surface area is 170 Å². The second-order valence-corrected chi connectivity index (χ2v) is 8.96. The molecule has 3 aromatic rings. The molecule has 1 aliphatic rings. The monoisotopic (exact) mass is 409 g/mol. The molecule has 0 bridgehead atoms. The van der Waals surface area contributed by atoms with Crippen LogP contribution in [-0.2, 0) is 16.4 Å². The first-order valence-corrected chi connectivity index (χ1v) is 11.1. The molecule has 0 aliphatic carbocycles. The Bertz CT molecular complexity index is 1150. The summed E-state index contributed by atoms with van der Waals surface area (Å²) in [5.41, 5.74) is 3.66. The van der Waals surface area contributed by atoms with Crippen molar-refractivity contribution in [3.8, 4) is 11.4 Å². The molecule has 1 aromatic heterocycles. The van der Waals surface area contributed by atoms with Gasteiger partial charge in [-0.15, -0.1) is 0 Å². The van der Waals surface area contributed by atoms with Crippen LogP contribution < -0.4 is 0 Å². The van der Waals surface area contributed by atoms with Crippen LogP contribution in [-0.4, -0.2) is 36.0 Å². The zero-order chi connectivity index (χ0) is 20.4. The van der Waals surface area contributed by atoms with Gasteiger partial charge in [0.2, 0.25) is 21.7 Å². The lowest BCUT2D eigenvalue weighted by Crippen LogP contribution is -2.35. The van der Waals surface area contributed by atoms with Crippen molar-refractivity contribution in [1.29, 1.82) is 0 Å². The average Bonchev–Trinajstić information content (AvgIpc) is 3.24. The van der Waals surface area contributed by atoms with Crippen molar-refractivity contribution < 1.29 is 12.9 Å². The predicted molar refractivity (Wildman–Crippen MR) is 112 cm³/mol. The molecule has 0 saturated heterocycles. The molecule has 1 aliphatic heterocycles. The molecule has 0 saturated carbocycles. The van der Waals surface area contributed by atoms with Gasteiger partial charge < -0.3 is 4.52 Å². The Kier molecular flexibility index (Phi) is 5.34. The molecule has 150 valence electrons. The van der Waals surface area contributed by atoms with Gasteiger partial charge in [0.1, 0.15) is 0 Å². The molecule has 0 radical (unpaired) electrons. The highest BCUT2D eigenvalue weighted by Gasteiger charge is 2.28. The van der Waals surface area contributed by atoms with Crippen molar-refractivity contribution in [2.24, 2.45) is 0 Å². The molecule has 2 heterocycles. The molecule has 6 nitrogen and oxygen atoms in total. The largest absolute Gasteiger partial charge is 0.339 e. The van der Waals surface area contributed by atoms with E-state index < -0.39 is 10.0 Å². The summed E-state index contributed by atoms with van der Waals surface area (Å²) in [5, 5.41) is 3.96. The maximum Gasteiger partial charge on any atom is 0.243 e. The van der Waals surface area contributed by atoms with E-state index in [1.165, 1.54) is 9.88 Å². The van der Waals surface area contributed by atoms with Crippen molar-refractivity contribution in [3.05, 3.63) is 71.6 Å². The zero-order valence-electron chi connectivity index (χ0n) is 16.5. The van der Waals surface area contributed by atoms with E-state index in [1.807, 2.05) is 37.3 Å². The van der Waals surface area contributed by atoms with Crippen molar-refractivity contribution in [1.82, 2.24) is 14.4 Å². The van der Waals surface area contributed by atoms with Gasteiger partial charge in [-0.1, -0.05) is 60.6 Å². The molecule has 2 aromatic carbocycles. The molecule has 0 atom stereocenters. The van der Waals surface area contributed by atoms with Crippen LogP contribution in [0.2, 0.25) is 0 Å². The van der Waals surface area contributed by atoms with Crippen LogP contribution in [0, 0.1) is 6.92 Å². The smallest absolute Gasteiger partial charge is 0.243 e. The SMILES string of the molecule is CCc1nc(-c2ccc(C)c(S(=O)(=O)N3CC=C(c4ccccc4)CC3)c2)no1. The average molecular weight is 410 g/mol. The molecule has 7 heteroatoms. The summed E-state index contributed by atoms with van der Waals surface area (Å²) in [6, 6.07) is 15.3. The highest BCUT2D eigenvalue weighted by Crippen LogP contribution is 2.29. The number of benzene rings is 2. The van der Waals surface area contributed by atoms with E-state index in [2.05, 4.69) is 22.3 Å². The fourth-order valence-electron chi connectivity index (χ4n) is 3.46. The van der Waals surface area contributed by atoms with Crippen LogP contribution in [0.15, 0.2) is 64.0 Å². The Morgan fingerprint density at radius 3 is 2.55 bits per heavy atom. The Balaban J connectivity index is 1.62. The maximum absolute atomic E-state index is 13.3. The second kappa shape index (κ2) is 7.93. The number of nitrogens with zero attached hydrogens (tertiary/aromatic N) is 3. The van der Waals surface area contributed by atoms with E-state index in [0.717, 1.165) is 5.56 Å². The molecular formula is C22H23N3O3S. The van der Waals surface area contributed by atoms with Gasteiger partial charge in [-0.25, -0.2) is 8.42 Å². The summed E-state index contributed by atoms with van der Waals surface area (Å²) >= 11 is 0. The van der Waals surface area contributed by atoms with Crippen LogP contribution in [0.3, 0.4) is 0 Å². The van der Waals surface area contributed by atoms with Gasteiger partial charge in [0.25, 0.3) is 0 Å². The normalized spacial score (nSPS) is 15.3. The van der Waals surface area contributed by atoms with Gasteiger partial charge in [0.15, 0.2) is 0 Å². The minimum atomic E-state index is -3.62. The zero-order valence-corrected chi connectivity index (χ0v) is 17.3. The third-order valence-corrected chi connectivity index (χ3v) is 7.16. The van der Waals surface area contributed by atoms with Crippen LogP contribution in [0.1, 0.15) is 30.4 Å². The standard InChI is InChI=1S/C22H23N3O3S/c1-3-21-23-22(24-28-21)19-10-9-16(2)20(15-19)29(26,27)25-13-11-18(12-14-25)17-7-5-4-6-8-17/h4-11,15H,3,12-14H2,1-2H3. The third kappa shape index (κ3) is 3.88. The van der Waals surface area contributed by atoms with Gasteiger partial charge in [-0.3, -0.25) is 0 Å². The van der Waals surface area contributed by atoms with Crippen LogP contribution in [0.5, 0.6) is 0 Å². The van der Waals surface area contributed by atoms with Gasteiger partial charge in [-0.05, 0) is 36.1 Å². The summed E-state index contributed by atoms with van der Waals surface area (Å²) in [5.74, 6) is 0.933. The number of rotatable bonds is 5. The van der Waals surface area contributed by atoms with Gasteiger partial charge >= 0.3 is 0 Å². The molecule has 29 heavy (non-hydrogen) atoms. The summed E-state index contributed by atoms with van der Waals surface area (Å²) in [6.45, 7) is 4.54. The molecule has 4 rings (SSSR count). The molecule has 0 fully saturated rings. The quantitative estimate of drug-likeness (QED) is 0.634. The third-order valence-electron chi connectivity index (χ3n) is 5.15. The lowest BCUT2D eigenvalue weighted by molar-refractivity contribution is 0.383. The molecule has 0 N–H and O–H groups in total. The molecule has 0 amide bonds. The van der Waals surface area contributed by atoms with E-state index in [9.17, 15) is 8.42 Å². The predicted octanol–water partition coefficient (Wildman–Crippen LogP) is 4.09. The first-order valence-electron chi connectivity index (χ1n) is 9.67. The van der Waals surface area contributed by atoms with Crippen LogP contribution in [0.4, 0.5) is 0 Å². The molecule has 0 spiro atoms. The Hall–Kier alpha value is -2.77. The van der Waals surface area contributed by atoms with Crippen molar-refractivity contribution in [2.75, 3.05) is 13.1 Å². The number of sulfonamides is 1. The van der Waals surface area contributed by atoms with Crippen molar-refractivity contribution in [3.63, 3.8) is 0 Å². The van der Waals surface area contributed by atoms with Crippen LogP contribution in [0.25, 0.3) is 17.0 Å². The highest BCUT2D eigenvalue weighted by atomic mass is 32.2. The van der Waals surface area contributed by atoms with Crippen LogP contribution >= 0.6 is 0 Å². The Morgan fingerprint density at radius 2 is 1.90 bits per heavy atom. The fourth-order valence-corrected chi connectivity index (χ4v) is 5.09. The number of hydrogen-bond donors (Lipinski definition) is 0. The van der Waals surface area contributed by atoms with E-state index in [4.69, 9.17) is 4.52 Å². The minimum absolute atomic E-state index is 0.286. The second-order valence-electron chi connectivity index (χ2n) is 7.05. The summed E-state index contributed by atoms with van der Waals surface area (Å²) in [7, 11) is -3.62. The fraction of sp³-hybridized carbons (Fsp3) is 0.273. The van der Waals surface area contributed by atoms with E-state index >= 15 is 0 Å². The lowest BCUT2D eigenvalue weighted by atomic mass is 10.0. The number of aromatic nitrogens is 2. The van der Waals surface area contributed by atoms with E-state index in [0.29, 0.717) is 48.8 Å². The summed E-state index contributed by atoms with van der Waals surface area (Å²) < 4.78 is 33.3. The summed E-state index contributed by atoms with van der Waals surface area (Å²) in [6.07, 6.45) is 3.32. The summed E-state index contributed by atoms with van der Waals surface area (Å²) in [4.78, 5) is 4.60. The van der Waals surface area contributed by atoms with Crippen molar-refractivity contribution >= 4 is 15.6 Å². The first kappa shape index (κ1) is 19.5. The van der Waals surface area contributed by atoms with E-state index in [1.54, 1.807) is 19.1 Å². The maximum atomic E-state index is 13.3. The molecule has 0 unspecified atom stereocenters. The lowest BCUT2D eigenvalue weighted by Gasteiger charge is -2.26. The number of aryl methyl sites for hydroxylation is 2. The topological polar surface area (TPSA) is 76.3 Å². The molecular weight excluding hydrogens is 386 g/mol. The van der Waals surface area contributed by atoms with Crippen molar-refractivity contribution in [2.45, 2.75) is 31.6 Å². The minimum Gasteiger partial charge on any atom is -0.339 e. The first-order chi connectivity index (χ1) is 14.0. The van der Waals surface area contributed by atoms with Gasteiger partial charge in [0, 0.05) is 25.1 Å². The van der Waals surface area contributed by atoms with Gasteiger partial charge in [-0.2, -0.15) is 9.29 Å². The highest BCUT2D eigenvalue weighted by molar-refractivity contribution is 7.89.